The minimum Gasteiger partial charge on any atom is -0.493 e. The van der Waals surface area contributed by atoms with Crippen LogP contribution in [0.15, 0.2) is 28.8 Å². The second-order valence-electron chi connectivity index (χ2n) is 6.68. The number of esters is 1. The fourth-order valence-corrected chi connectivity index (χ4v) is 3.20. The molecule has 9 nitrogen and oxygen atoms in total. The molecule has 1 aromatic carbocycles. The molecule has 0 fully saturated rings. The number of methoxy groups -OCH3 is 3. The van der Waals surface area contributed by atoms with Gasteiger partial charge in [0, 0.05) is 5.69 Å². The Kier molecular flexibility index (Phi) is 6.20. The van der Waals surface area contributed by atoms with Crippen LogP contribution in [0.1, 0.15) is 39.8 Å². The average molecular weight is 413 g/mol. The molecular formula is C21H23N3O6. The SMILES string of the molecule is COC(=O)CC(NC(=O)c1cc(C)nc2onc(C)c12)c1ccc(OC)c(OC)c1. The van der Waals surface area contributed by atoms with E-state index in [1.165, 1.54) is 21.3 Å². The Morgan fingerprint density at radius 3 is 2.50 bits per heavy atom. The molecule has 158 valence electrons. The van der Waals surface area contributed by atoms with Crippen molar-refractivity contribution in [1.29, 1.82) is 0 Å². The van der Waals surface area contributed by atoms with Crippen molar-refractivity contribution >= 4 is 23.0 Å². The summed E-state index contributed by atoms with van der Waals surface area (Å²) in [6, 6.07) is 6.18. The lowest BCUT2D eigenvalue weighted by atomic mass is 10.0. The summed E-state index contributed by atoms with van der Waals surface area (Å²) in [7, 11) is 4.34. The van der Waals surface area contributed by atoms with E-state index in [2.05, 4.69) is 15.5 Å². The number of aryl methyl sites for hydroxylation is 2. The minimum absolute atomic E-state index is 0.0620. The van der Waals surface area contributed by atoms with E-state index in [4.69, 9.17) is 18.7 Å². The zero-order valence-corrected chi connectivity index (χ0v) is 17.4. The molecule has 1 amide bonds. The molecule has 1 N–H and O–H groups in total. The lowest BCUT2D eigenvalue weighted by Crippen LogP contribution is -2.31. The molecule has 1 unspecified atom stereocenters. The van der Waals surface area contributed by atoms with Gasteiger partial charge in [0.15, 0.2) is 11.5 Å². The maximum atomic E-state index is 13.2. The smallest absolute Gasteiger partial charge is 0.307 e. The Balaban J connectivity index is 1.99. The summed E-state index contributed by atoms with van der Waals surface area (Å²) < 4.78 is 20.6. The van der Waals surface area contributed by atoms with Gasteiger partial charge in [-0.3, -0.25) is 9.59 Å². The predicted octanol–water partition coefficient (Wildman–Crippen LogP) is 2.89. The molecule has 3 rings (SSSR count). The molecular weight excluding hydrogens is 390 g/mol. The van der Waals surface area contributed by atoms with Crippen LogP contribution in [0.25, 0.3) is 11.1 Å². The van der Waals surface area contributed by atoms with Crippen LogP contribution in [-0.4, -0.2) is 43.3 Å². The third kappa shape index (κ3) is 4.19. The Hall–Kier alpha value is -3.62. The molecule has 0 aliphatic carbocycles. The van der Waals surface area contributed by atoms with Gasteiger partial charge in [-0.1, -0.05) is 11.2 Å². The molecule has 0 bridgehead atoms. The number of amides is 1. The molecule has 2 heterocycles. The third-order valence-electron chi connectivity index (χ3n) is 4.70. The number of benzene rings is 1. The standard InChI is InChI=1S/C21H23N3O6/c1-11-8-14(19-12(2)24-30-21(19)22-11)20(26)23-15(10-18(25)29-5)13-6-7-16(27-3)17(9-13)28-4/h6-9,15H,10H2,1-5H3,(H,23,26). The number of nitrogens with zero attached hydrogens (tertiary/aromatic N) is 2. The van der Waals surface area contributed by atoms with Gasteiger partial charge in [0.1, 0.15) is 0 Å². The van der Waals surface area contributed by atoms with Crippen molar-refractivity contribution in [1.82, 2.24) is 15.5 Å². The monoisotopic (exact) mass is 413 g/mol. The van der Waals surface area contributed by atoms with Crippen LogP contribution in [0.4, 0.5) is 0 Å². The van der Waals surface area contributed by atoms with Crippen molar-refractivity contribution in [3.05, 3.63) is 46.8 Å². The highest BCUT2D eigenvalue weighted by Gasteiger charge is 2.24. The van der Waals surface area contributed by atoms with E-state index in [-0.39, 0.29) is 18.0 Å². The molecule has 1 atom stereocenters. The van der Waals surface area contributed by atoms with Crippen LogP contribution in [0, 0.1) is 13.8 Å². The normalized spacial score (nSPS) is 11.8. The summed E-state index contributed by atoms with van der Waals surface area (Å²) in [6.45, 7) is 3.49. The van der Waals surface area contributed by atoms with Crippen molar-refractivity contribution < 1.29 is 28.3 Å². The molecule has 0 spiro atoms. The lowest BCUT2D eigenvalue weighted by molar-refractivity contribution is -0.141. The quantitative estimate of drug-likeness (QED) is 0.588. The van der Waals surface area contributed by atoms with Gasteiger partial charge >= 0.3 is 5.97 Å². The Bertz CT molecular complexity index is 1090. The van der Waals surface area contributed by atoms with E-state index in [1.807, 2.05) is 0 Å². The molecule has 30 heavy (non-hydrogen) atoms. The number of aromatic nitrogens is 2. The summed E-state index contributed by atoms with van der Waals surface area (Å²) in [5.41, 5.74) is 2.48. The van der Waals surface area contributed by atoms with E-state index in [9.17, 15) is 9.59 Å². The van der Waals surface area contributed by atoms with Gasteiger partial charge in [-0.25, -0.2) is 4.98 Å². The minimum atomic E-state index is -0.659. The topological polar surface area (TPSA) is 113 Å². The van der Waals surface area contributed by atoms with Crippen molar-refractivity contribution in [2.24, 2.45) is 0 Å². The van der Waals surface area contributed by atoms with E-state index in [0.29, 0.717) is 39.4 Å². The number of carbonyl (C=O) groups excluding carboxylic acids is 2. The second-order valence-corrected chi connectivity index (χ2v) is 6.68. The Labute approximate surface area is 173 Å². The molecule has 0 aliphatic heterocycles. The Morgan fingerprint density at radius 1 is 1.10 bits per heavy atom. The first-order chi connectivity index (χ1) is 14.4. The first-order valence-electron chi connectivity index (χ1n) is 9.21. The number of hydrogen-bond acceptors (Lipinski definition) is 8. The highest BCUT2D eigenvalue weighted by atomic mass is 16.5. The molecule has 0 aliphatic rings. The first-order valence-corrected chi connectivity index (χ1v) is 9.21. The van der Waals surface area contributed by atoms with Crippen molar-refractivity contribution in [2.75, 3.05) is 21.3 Å². The Morgan fingerprint density at radius 2 is 1.83 bits per heavy atom. The highest BCUT2D eigenvalue weighted by Crippen LogP contribution is 2.31. The van der Waals surface area contributed by atoms with Gasteiger partial charge in [0.25, 0.3) is 11.6 Å². The fourth-order valence-electron chi connectivity index (χ4n) is 3.20. The van der Waals surface area contributed by atoms with Gasteiger partial charge in [0.2, 0.25) is 0 Å². The number of hydrogen-bond donors (Lipinski definition) is 1. The number of carbonyl (C=O) groups is 2. The largest absolute Gasteiger partial charge is 0.493 e. The highest BCUT2D eigenvalue weighted by molar-refractivity contribution is 6.06. The molecule has 9 heteroatoms. The van der Waals surface area contributed by atoms with E-state index in [0.717, 1.165) is 0 Å². The first kappa shape index (κ1) is 21.1. The van der Waals surface area contributed by atoms with Gasteiger partial charge < -0.3 is 24.1 Å². The number of rotatable bonds is 7. The number of pyridine rings is 1. The van der Waals surface area contributed by atoms with E-state index >= 15 is 0 Å². The molecule has 2 aromatic heterocycles. The lowest BCUT2D eigenvalue weighted by Gasteiger charge is -2.20. The van der Waals surface area contributed by atoms with Crippen molar-refractivity contribution in [2.45, 2.75) is 26.3 Å². The van der Waals surface area contributed by atoms with Gasteiger partial charge in [0.05, 0.1) is 50.4 Å². The van der Waals surface area contributed by atoms with Crippen LogP contribution in [-0.2, 0) is 9.53 Å². The summed E-state index contributed by atoms with van der Waals surface area (Å²) in [4.78, 5) is 29.4. The predicted molar refractivity (Wildman–Crippen MR) is 108 cm³/mol. The number of ether oxygens (including phenoxy) is 3. The summed E-state index contributed by atoms with van der Waals surface area (Å²) >= 11 is 0. The average Bonchev–Trinajstić information content (AvgIpc) is 3.12. The zero-order chi connectivity index (χ0) is 21.8. The fraction of sp³-hybridized carbons (Fsp3) is 0.333. The van der Waals surface area contributed by atoms with Crippen LogP contribution in [0.2, 0.25) is 0 Å². The number of nitrogens with one attached hydrogen (secondary N) is 1. The van der Waals surface area contributed by atoms with Crippen LogP contribution < -0.4 is 14.8 Å². The van der Waals surface area contributed by atoms with Crippen molar-refractivity contribution in [3.63, 3.8) is 0 Å². The van der Waals surface area contributed by atoms with Gasteiger partial charge in [-0.15, -0.1) is 0 Å². The zero-order valence-electron chi connectivity index (χ0n) is 17.4. The maximum absolute atomic E-state index is 13.2. The summed E-state index contributed by atoms with van der Waals surface area (Å²) in [5, 5.41) is 7.34. The number of fused-ring (bicyclic) bond motifs is 1. The molecule has 0 saturated carbocycles. The van der Waals surface area contributed by atoms with Crippen LogP contribution >= 0.6 is 0 Å². The van der Waals surface area contributed by atoms with Gasteiger partial charge in [-0.2, -0.15) is 0 Å². The molecule has 3 aromatic rings. The summed E-state index contributed by atoms with van der Waals surface area (Å²) in [5.74, 6) is 0.167. The summed E-state index contributed by atoms with van der Waals surface area (Å²) in [6.07, 6.45) is -0.0620. The maximum Gasteiger partial charge on any atom is 0.307 e. The van der Waals surface area contributed by atoms with Crippen LogP contribution in [0.5, 0.6) is 11.5 Å². The molecule has 0 saturated heterocycles. The van der Waals surface area contributed by atoms with Crippen molar-refractivity contribution in [3.8, 4) is 11.5 Å². The van der Waals surface area contributed by atoms with E-state index in [1.54, 1.807) is 38.1 Å². The second kappa shape index (κ2) is 8.81. The molecule has 0 radical (unpaired) electrons. The van der Waals surface area contributed by atoms with Gasteiger partial charge in [-0.05, 0) is 37.6 Å². The van der Waals surface area contributed by atoms with Crippen LogP contribution in [0.3, 0.4) is 0 Å². The van der Waals surface area contributed by atoms with E-state index < -0.39 is 12.0 Å². The third-order valence-corrected chi connectivity index (χ3v) is 4.70.